The van der Waals surface area contributed by atoms with Crippen LogP contribution in [0.4, 0.5) is 8.78 Å². The lowest BCUT2D eigenvalue weighted by Gasteiger charge is -2.34. The van der Waals surface area contributed by atoms with Crippen molar-refractivity contribution in [1.82, 2.24) is 14.7 Å². The molecule has 0 radical (unpaired) electrons. The maximum atomic E-state index is 15.4. The Labute approximate surface area is 171 Å². The van der Waals surface area contributed by atoms with Crippen molar-refractivity contribution in [2.45, 2.75) is 30.7 Å². The van der Waals surface area contributed by atoms with Gasteiger partial charge in [-0.05, 0) is 37.4 Å². The summed E-state index contributed by atoms with van der Waals surface area (Å²) in [6.45, 7) is 3.86. The summed E-state index contributed by atoms with van der Waals surface area (Å²) in [5.74, 6) is -0.287. The molecule has 0 bridgehead atoms. The molecule has 1 aromatic carbocycles. The summed E-state index contributed by atoms with van der Waals surface area (Å²) in [7, 11) is 1.52. The van der Waals surface area contributed by atoms with E-state index < -0.39 is 17.2 Å². The number of fused-ring (bicyclic) bond motifs is 1. The molecule has 0 aromatic heterocycles. The third-order valence-electron chi connectivity index (χ3n) is 6.73. The summed E-state index contributed by atoms with van der Waals surface area (Å²) in [6.07, 6.45) is 2.05. The largest absolute Gasteiger partial charge is 0.383 e. The Morgan fingerprint density at radius 1 is 1.07 bits per heavy atom. The van der Waals surface area contributed by atoms with Crippen LogP contribution in [-0.2, 0) is 16.1 Å². The molecule has 3 aliphatic rings. The third kappa shape index (κ3) is 4.05. The number of hydrogen-bond acceptors (Lipinski definition) is 4. The molecule has 7 heteroatoms. The second kappa shape index (κ2) is 8.28. The summed E-state index contributed by atoms with van der Waals surface area (Å²) in [5.41, 5.74) is -3.20. The van der Waals surface area contributed by atoms with Crippen LogP contribution < -0.4 is 0 Å². The van der Waals surface area contributed by atoms with E-state index >= 15 is 8.78 Å². The van der Waals surface area contributed by atoms with E-state index in [1.165, 1.54) is 17.6 Å². The predicted molar refractivity (Wildman–Crippen MR) is 107 cm³/mol. The third-order valence-corrected chi connectivity index (χ3v) is 6.73. The van der Waals surface area contributed by atoms with Crippen molar-refractivity contribution >= 4 is 5.91 Å². The number of halogens is 2. The van der Waals surface area contributed by atoms with Gasteiger partial charge >= 0.3 is 0 Å². The number of methoxy groups -OCH3 is 1. The molecule has 29 heavy (non-hydrogen) atoms. The van der Waals surface area contributed by atoms with Gasteiger partial charge in [0.1, 0.15) is 0 Å². The van der Waals surface area contributed by atoms with E-state index in [4.69, 9.17) is 4.74 Å². The van der Waals surface area contributed by atoms with E-state index in [0.29, 0.717) is 19.1 Å². The fourth-order valence-corrected chi connectivity index (χ4v) is 5.09. The minimum absolute atomic E-state index is 0.00293. The number of carbonyl (C=O) groups is 1. The zero-order chi connectivity index (χ0) is 20.5. The number of alkyl halides is 2. The Bertz CT molecular complexity index is 713. The molecule has 0 spiro atoms. The Balaban J connectivity index is 1.28. The summed E-state index contributed by atoms with van der Waals surface area (Å²) >= 11 is 0. The first-order valence-electron chi connectivity index (χ1n) is 10.6. The molecule has 3 fully saturated rings. The number of carbonyl (C=O) groups excluding carboxylic acids is 1. The number of benzene rings is 1. The average Bonchev–Trinajstić information content (AvgIpc) is 3.06. The van der Waals surface area contributed by atoms with Crippen molar-refractivity contribution in [3.05, 3.63) is 35.9 Å². The number of rotatable bonds is 7. The van der Waals surface area contributed by atoms with Crippen LogP contribution in [0.5, 0.6) is 0 Å². The number of likely N-dealkylation sites (tertiary alicyclic amines) is 3. The first-order chi connectivity index (χ1) is 13.9. The van der Waals surface area contributed by atoms with E-state index in [-0.39, 0.29) is 26.2 Å². The molecule has 0 saturated carbocycles. The van der Waals surface area contributed by atoms with Gasteiger partial charge in [0.25, 0.3) is 5.91 Å². The lowest BCUT2D eigenvalue weighted by molar-refractivity contribution is -0.139. The van der Waals surface area contributed by atoms with Gasteiger partial charge in [0.15, 0.2) is 5.67 Å². The Hall–Kier alpha value is -1.57. The number of piperidine rings is 1. The number of nitrogens with zero attached hydrogens (tertiary/aromatic N) is 3. The van der Waals surface area contributed by atoms with Gasteiger partial charge in [-0.25, -0.2) is 8.78 Å². The smallest absolute Gasteiger partial charge is 0.265 e. The van der Waals surface area contributed by atoms with Gasteiger partial charge in [0.05, 0.1) is 13.2 Å². The van der Waals surface area contributed by atoms with Gasteiger partial charge in [0, 0.05) is 39.8 Å². The van der Waals surface area contributed by atoms with E-state index in [2.05, 4.69) is 29.2 Å². The predicted octanol–water partition coefficient (Wildman–Crippen LogP) is 2.12. The van der Waals surface area contributed by atoms with Crippen molar-refractivity contribution in [2.75, 3.05) is 59.5 Å². The van der Waals surface area contributed by atoms with Crippen molar-refractivity contribution in [3.8, 4) is 0 Å². The Morgan fingerprint density at radius 3 is 2.45 bits per heavy atom. The molecule has 4 rings (SSSR count). The van der Waals surface area contributed by atoms with Crippen molar-refractivity contribution in [1.29, 1.82) is 0 Å². The van der Waals surface area contributed by atoms with Crippen LogP contribution in [-0.4, -0.2) is 91.5 Å². The lowest BCUT2D eigenvalue weighted by Crippen LogP contribution is -2.47. The zero-order valence-electron chi connectivity index (χ0n) is 17.2. The highest BCUT2D eigenvalue weighted by molar-refractivity contribution is 5.90. The topological polar surface area (TPSA) is 36.0 Å². The molecule has 3 heterocycles. The summed E-state index contributed by atoms with van der Waals surface area (Å²) in [4.78, 5) is 18.1. The van der Waals surface area contributed by atoms with Crippen LogP contribution >= 0.6 is 0 Å². The van der Waals surface area contributed by atoms with Crippen molar-refractivity contribution in [3.63, 3.8) is 0 Å². The monoisotopic (exact) mass is 407 g/mol. The molecule has 0 aliphatic carbocycles. The SMILES string of the molecule is COCCN1C[C@@]2(F)CN(CC3CCN(Cc4ccccc4)CC3)C[C@@]2(F)C1=O. The average molecular weight is 408 g/mol. The van der Waals surface area contributed by atoms with E-state index in [9.17, 15) is 4.79 Å². The van der Waals surface area contributed by atoms with Crippen LogP contribution in [0.15, 0.2) is 30.3 Å². The summed E-state index contributed by atoms with van der Waals surface area (Å²) in [6, 6.07) is 10.4. The van der Waals surface area contributed by atoms with Gasteiger partial charge < -0.3 is 9.64 Å². The molecule has 1 amide bonds. The van der Waals surface area contributed by atoms with Crippen LogP contribution in [0.2, 0.25) is 0 Å². The number of ether oxygens (including phenoxy) is 1. The molecule has 3 saturated heterocycles. The van der Waals surface area contributed by atoms with Gasteiger partial charge in [0.2, 0.25) is 5.67 Å². The normalized spacial score (nSPS) is 31.6. The van der Waals surface area contributed by atoms with Crippen LogP contribution in [0.3, 0.4) is 0 Å². The minimum Gasteiger partial charge on any atom is -0.383 e. The zero-order valence-corrected chi connectivity index (χ0v) is 17.2. The maximum absolute atomic E-state index is 15.4. The molecule has 5 nitrogen and oxygen atoms in total. The number of hydrogen-bond donors (Lipinski definition) is 0. The van der Waals surface area contributed by atoms with Crippen molar-refractivity contribution in [2.24, 2.45) is 5.92 Å². The van der Waals surface area contributed by atoms with E-state index in [1.807, 2.05) is 11.0 Å². The molecule has 1 aromatic rings. The van der Waals surface area contributed by atoms with Gasteiger partial charge in [-0.3, -0.25) is 14.6 Å². The van der Waals surface area contributed by atoms with E-state index in [1.54, 1.807) is 0 Å². The second-order valence-corrected chi connectivity index (χ2v) is 8.86. The van der Waals surface area contributed by atoms with Crippen molar-refractivity contribution < 1.29 is 18.3 Å². The maximum Gasteiger partial charge on any atom is 0.265 e. The van der Waals surface area contributed by atoms with Gasteiger partial charge in [-0.1, -0.05) is 30.3 Å². The fourth-order valence-electron chi connectivity index (χ4n) is 5.09. The van der Waals surface area contributed by atoms with E-state index in [0.717, 1.165) is 32.5 Å². The summed E-state index contributed by atoms with van der Waals surface area (Å²) in [5, 5.41) is 0. The molecule has 3 aliphatic heterocycles. The van der Waals surface area contributed by atoms with Crippen LogP contribution in [0.1, 0.15) is 18.4 Å². The molecule has 0 unspecified atom stereocenters. The Morgan fingerprint density at radius 2 is 1.79 bits per heavy atom. The van der Waals surface area contributed by atoms with Crippen LogP contribution in [0, 0.1) is 5.92 Å². The van der Waals surface area contributed by atoms with Crippen LogP contribution in [0.25, 0.3) is 0 Å². The lowest BCUT2D eigenvalue weighted by atomic mass is 9.93. The van der Waals surface area contributed by atoms with Gasteiger partial charge in [-0.2, -0.15) is 0 Å². The second-order valence-electron chi connectivity index (χ2n) is 8.86. The molecule has 2 atom stereocenters. The highest BCUT2D eigenvalue weighted by Crippen LogP contribution is 2.45. The first kappa shape index (κ1) is 20.7. The van der Waals surface area contributed by atoms with Gasteiger partial charge in [-0.15, -0.1) is 0 Å². The fraction of sp³-hybridized carbons (Fsp3) is 0.682. The molecular formula is C22H31F2N3O2. The molecule has 160 valence electrons. The highest BCUT2D eigenvalue weighted by Gasteiger charge is 2.70. The first-order valence-corrected chi connectivity index (χ1v) is 10.6. The summed E-state index contributed by atoms with van der Waals surface area (Å²) < 4.78 is 35.7. The quantitative estimate of drug-likeness (QED) is 0.694. The molecule has 0 N–H and O–H groups in total. The Kier molecular flexibility index (Phi) is 5.91. The number of amides is 1. The minimum atomic E-state index is -2.41. The highest BCUT2D eigenvalue weighted by atomic mass is 19.2. The molecular weight excluding hydrogens is 376 g/mol. The standard InChI is InChI=1S/C22H31F2N3O2/c1-29-12-11-27-16-21(23)15-26(17-22(21,24)20(27)28)14-19-7-9-25(10-8-19)13-18-5-3-2-4-6-18/h2-6,19H,7-17H2,1H3/t21-,22+/m0/s1.